The average Bonchev–Trinajstić information content (AvgIpc) is 2.88. The second kappa shape index (κ2) is 4.28. The molecular formula is C10H12ClNO. The molecular weight excluding hydrogens is 186 g/mol. The first-order valence-corrected chi connectivity index (χ1v) is 4.22. The highest BCUT2D eigenvalue weighted by molar-refractivity contribution is 5.93. The van der Waals surface area contributed by atoms with Crippen LogP contribution in [0.25, 0.3) is 0 Å². The molecule has 1 aliphatic carbocycles. The third kappa shape index (κ3) is 2.74. The molecule has 0 unspecified atom stereocenters. The highest BCUT2D eigenvalue weighted by Gasteiger charge is 2.29. The first-order chi connectivity index (χ1) is 5.86. The lowest BCUT2D eigenvalue weighted by atomic mass is 10.3. The number of carbonyl (C=O) groups is 1. The number of hydrogen-bond donors (Lipinski definition) is 1. The molecule has 1 amide bonds. The summed E-state index contributed by atoms with van der Waals surface area (Å²) in [5.74, 6) is 0.450. The summed E-state index contributed by atoms with van der Waals surface area (Å²) in [6, 6.07) is 9.58. The summed E-state index contributed by atoms with van der Waals surface area (Å²) in [5, 5.41) is 2.86. The van der Waals surface area contributed by atoms with E-state index in [1.165, 1.54) is 0 Å². The van der Waals surface area contributed by atoms with Gasteiger partial charge in [-0.05, 0) is 25.0 Å². The smallest absolute Gasteiger partial charge is 0.227 e. The van der Waals surface area contributed by atoms with Crippen molar-refractivity contribution in [3.8, 4) is 0 Å². The summed E-state index contributed by atoms with van der Waals surface area (Å²) in [4.78, 5) is 11.3. The van der Waals surface area contributed by atoms with Crippen molar-refractivity contribution in [1.29, 1.82) is 0 Å². The average molecular weight is 198 g/mol. The van der Waals surface area contributed by atoms with Crippen molar-refractivity contribution in [2.24, 2.45) is 5.92 Å². The van der Waals surface area contributed by atoms with Crippen molar-refractivity contribution in [2.75, 3.05) is 5.32 Å². The third-order valence-electron chi connectivity index (χ3n) is 1.99. The molecule has 0 radical (unpaired) electrons. The molecule has 70 valence electrons. The van der Waals surface area contributed by atoms with Gasteiger partial charge in [-0.1, -0.05) is 18.2 Å². The van der Waals surface area contributed by atoms with Crippen LogP contribution in [0, 0.1) is 5.92 Å². The maximum atomic E-state index is 11.3. The molecule has 1 N–H and O–H groups in total. The van der Waals surface area contributed by atoms with Crippen molar-refractivity contribution in [1.82, 2.24) is 0 Å². The van der Waals surface area contributed by atoms with E-state index in [1.807, 2.05) is 30.3 Å². The highest BCUT2D eigenvalue weighted by atomic mass is 35.5. The Morgan fingerprint density at radius 2 is 1.85 bits per heavy atom. The van der Waals surface area contributed by atoms with Gasteiger partial charge in [-0.25, -0.2) is 0 Å². The molecule has 0 heterocycles. The van der Waals surface area contributed by atoms with E-state index < -0.39 is 0 Å². The zero-order valence-corrected chi connectivity index (χ0v) is 8.01. The second-order valence-electron chi connectivity index (χ2n) is 3.13. The molecule has 1 fully saturated rings. The minimum absolute atomic E-state index is 0. The van der Waals surface area contributed by atoms with Gasteiger partial charge in [0.2, 0.25) is 5.91 Å². The standard InChI is InChI=1S/C10H11NO.ClH/c12-10(8-6-7-8)11-9-4-2-1-3-5-9;/h1-5,8H,6-7H2,(H,11,12);1H. The van der Waals surface area contributed by atoms with Crippen LogP contribution < -0.4 is 5.32 Å². The number of amides is 1. The van der Waals surface area contributed by atoms with Gasteiger partial charge < -0.3 is 5.32 Å². The van der Waals surface area contributed by atoms with E-state index in [-0.39, 0.29) is 24.2 Å². The number of rotatable bonds is 2. The monoisotopic (exact) mass is 197 g/mol. The van der Waals surface area contributed by atoms with Gasteiger partial charge in [0.25, 0.3) is 0 Å². The van der Waals surface area contributed by atoms with Crippen molar-refractivity contribution < 1.29 is 4.79 Å². The first-order valence-electron chi connectivity index (χ1n) is 4.22. The van der Waals surface area contributed by atoms with Gasteiger partial charge in [-0.3, -0.25) is 4.79 Å². The SMILES string of the molecule is Cl.O=C(Nc1ccccc1)C1CC1. The zero-order chi connectivity index (χ0) is 8.39. The molecule has 0 spiro atoms. The molecule has 1 aromatic carbocycles. The Kier molecular flexibility index (Phi) is 3.32. The van der Waals surface area contributed by atoms with Gasteiger partial charge in [0.1, 0.15) is 0 Å². The Hall–Kier alpha value is -1.02. The fourth-order valence-electron chi connectivity index (χ4n) is 1.11. The largest absolute Gasteiger partial charge is 0.326 e. The third-order valence-corrected chi connectivity index (χ3v) is 1.99. The van der Waals surface area contributed by atoms with Crippen LogP contribution >= 0.6 is 12.4 Å². The van der Waals surface area contributed by atoms with Gasteiger partial charge in [-0.2, -0.15) is 0 Å². The van der Waals surface area contributed by atoms with E-state index in [9.17, 15) is 4.79 Å². The Morgan fingerprint density at radius 3 is 2.38 bits per heavy atom. The predicted octanol–water partition coefficient (Wildman–Crippen LogP) is 2.46. The quantitative estimate of drug-likeness (QED) is 0.776. The summed E-state index contributed by atoms with van der Waals surface area (Å²) >= 11 is 0. The number of nitrogens with one attached hydrogen (secondary N) is 1. The molecule has 2 rings (SSSR count). The number of carbonyl (C=O) groups excluding carboxylic acids is 1. The number of benzene rings is 1. The van der Waals surface area contributed by atoms with Gasteiger partial charge in [0, 0.05) is 11.6 Å². The topological polar surface area (TPSA) is 29.1 Å². The number of para-hydroxylation sites is 1. The van der Waals surface area contributed by atoms with Crippen LogP contribution in [-0.4, -0.2) is 5.91 Å². The molecule has 1 aliphatic rings. The molecule has 13 heavy (non-hydrogen) atoms. The molecule has 2 nitrogen and oxygen atoms in total. The van der Waals surface area contributed by atoms with Crippen LogP contribution in [0.3, 0.4) is 0 Å². The first kappa shape index (κ1) is 10.1. The fourth-order valence-corrected chi connectivity index (χ4v) is 1.11. The van der Waals surface area contributed by atoms with Crippen molar-refractivity contribution in [3.63, 3.8) is 0 Å². The van der Waals surface area contributed by atoms with Crippen LogP contribution in [0.5, 0.6) is 0 Å². The maximum Gasteiger partial charge on any atom is 0.227 e. The van der Waals surface area contributed by atoms with Crippen LogP contribution in [0.4, 0.5) is 5.69 Å². The fraction of sp³-hybridized carbons (Fsp3) is 0.300. The van der Waals surface area contributed by atoms with Crippen molar-refractivity contribution >= 4 is 24.0 Å². The Bertz CT molecular complexity index is 282. The van der Waals surface area contributed by atoms with Crippen LogP contribution in [-0.2, 0) is 4.79 Å². The van der Waals surface area contributed by atoms with Crippen LogP contribution in [0.15, 0.2) is 30.3 Å². The minimum Gasteiger partial charge on any atom is -0.326 e. The lowest BCUT2D eigenvalue weighted by molar-refractivity contribution is -0.117. The van der Waals surface area contributed by atoms with Crippen molar-refractivity contribution in [3.05, 3.63) is 30.3 Å². The Labute approximate surface area is 83.7 Å². The second-order valence-corrected chi connectivity index (χ2v) is 3.13. The van der Waals surface area contributed by atoms with Gasteiger partial charge >= 0.3 is 0 Å². The molecule has 3 heteroatoms. The molecule has 0 aliphatic heterocycles. The van der Waals surface area contributed by atoms with Gasteiger partial charge in [-0.15, -0.1) is 12.4 Å². The molecule has 1 saturated carbocycles. The highest BCUT2D eigenvalue weighted by Crippen LogP contribution is 2.29. The van der Waals surface area contributed by atoms with Gasteiger partial charge in [0.05, 0.1) is 0 Å². The number of halogens is 1. The van der Waals surface area contributed by atoms with E-state index in [0.29, 0.717) is 0 Å². The summed E-state index contributed by atoms with van der Waals surface area (Å²) < 4.78 is 0. The van der Waals surface area contributed by atoms with E-state index in [2.05, 4.69) is 5.32 Å². The zero-order valence-electron chi connectivity index (χ0n) is 7.19. The lowest BCUT2D eigenvalue weighted by Crippen LogP contribution is -2.12. The summed E-state index contributed by atoms with van der Waals surface area (Å²) in [6.45, 7) is 0. The molecule has 1 aromatic rings. The van der Waals surface area contributed by atoms with E-state index in [1.54, 1.807) is 0 Å². The van der Waals surface area contributed by atoms with Crippen LogP contribution in [0.1, 0.15) is 12.8 Å². The minimum atomic E-state index is 0. The van der Waals surface area contributed by atoms with Crippen molar-refractivity contribution in [2.45, 2.75) is 12.8 Å². The number of anilines is 1. The summed E-state index contributed by atoms with van der Waals surface area (Å²) in [5.41, 5.74) is 0.898. The Balaban J connectivity index is 0.000000845. The van der Waals surface area contributed by atoms with E-state index in [4.69, 9.17) is 0 Å². The molecule has 0 atom stereocenters. The lowest BCUT2D eigenvalue weighted by Gasteiger charge is -2.01. The molecule has 0 bridgehead atoms. The normalized spacial score (nSPS) is 14.5. The summed E-state index contributed by atoms with van der Waals surface area (Å²) in [7, 11) is 0. The van der Waals surface area contributed by atoms with Gasteiger partial charge in [0.15, 0.2) is 0 Å². The molecule has 0 aromatic heterocycles. The maximum absolute atomic E-state index is 11.3. The van der Waals surface area contributed by atoms with Crippen LogP contribution in [0.2, 0.25) is 0 Å². The summed E-state index contributed by atoms with van der Waals surface area (Å²) in [6.07, 6.45) is 2.11. The predicted molar refractivity (Wildman–Crippen MR) is 55.0 cm³/mol. The molecule has 0 saturated heterocycles. The van der Waals surface area contributed by atoms with E-state index >= 15 is 0 Å². The number of hydrogen-bond acceptors (Lipinski definition) is 1. The Morgan fingerprint density at radius 1 is 1.23 bits per heavy atom. The van der Waals surface area contributed by atoms with E-state index in [0.717, 1.165) is 18.5 Å².